The Labute approximate surface area is 163 Å². The maximum atomic E-state index is 12.6. The van der Waals surface area contributed by atoms with Gasteiger partial charge in [-0.15, -0.1) is 0 Å². The molecule has 3 heterocycles. The van der Waals surface area contributed by atoms with Crippen LogP contribution < -0.4 is 10.9 Å². The van der Waals surface area contributed by atoms with Gasteiger partial charge in [0, 0.05) is 31.3 Å². The normalized spacial score (nSPS) is 13.9. The van der Waals surface area contributed by atoms with E-state index in [1.54, 1.807) is 0 Å². The summed E-state index contributed by atoms with van der Waals surface area (Å²) >= 11 is 0. The Bertz CT molecular complexity index is 1070. The van der Waals surface area contributed by atoms with Crippen molar-refractivity contribution in [1.82, 2.24) is 19.3 Å². The fourth-order valence-corrected chi connectivity index (χ4v) is 3.66. The number of anilines is 1. The van der Waals surface area contributed by atoms with Gasteiger partial charge in [-0.25, -0.2) is 9.67 Å². The number of amides is 1. The van der Waals surface area contributed by atoms with Crippen LogP contribution in [0.1, 0.15) is 55.3 Å². The lowest BCUT2D eigenvalue weighted by molar-refractivity contribution is 0.102. The second kappa shape index (κ2) is 7.96. The Morgan fingerprint density at radius 2 is 2.07 bits per heavy atom. The van der Waals surface area contributed by atoms with E-state index < -0.39 is 0 Å². The molecule has 0 radical (unpaired) electrons. The summed E-state index contributed by atoms with van der Waals surface area (Å²) in [6, 6.07) is 8.68. The molecule has 1 aliphatic heterocycles. The molecule has 0 aliphatic carbocycles. The van der Waals surface area contributed by atoms with Crippen LogP contribution in [0.2, 0.25) is 0 Å². The Morgan fingerprint density at radius 3 is 2.93 bits per heavy atom. The van der Waals surface area contributed by atoms with Gasteiger partial charge in [0.05, 0.1) is 11.0 Å². The third-order valence-corrected chi connectivity index (χ3v) is 5.19. The lowest BCUT2D eigenvalue weighted by Gasteiger charge is -2.08. The average Bonchev–Trinajstić information content (AvgIpc) is 2.87. The molecule has 4 rings (SSSR count). The van der Waals surface area contributed by atoms with Crippen molar-refractivity contribution in [2.24, 2.45) is 0 Å². The van der Waals surface area contributed by atoms with Crippen LogP contribution in [0.25, 0.3) is 11.0 Å². The Morgan fingerprint density at radius 1 is 1.18 bits per heavy atom. The molecule has 1 aromatic carbocycles. The van der Waals surface area contributed by atoms with E-state index in [0.29, 0.717) is 12.2 Å². The van der Waals surface area contributed by atoms with Gasteiger partial charge in [0.25, 0.3) is 11.5 Å². The van der Waals surface area contributed by atoms with Gasteiger partial charge in [-0.3, -0.25) is 9.59 Å². The summed E-state index contributed by atoms with van der Waals surface area (Å²) in [5, 5.41) is 7.08. The first-order valence-corrected chi connectivity index (χ1v) is 10.0. The zero-order chi connectivity index (χ0) is 19.5. The van der Waals surface area contributed by atoms with Crippen molar-refractivity contribution in [2.45, 2.75) is 58.5 Å². The van der Waals surface area contributed by atoms with Crippen LogP contribution in [0.15, 0.2) is 35.1 Å². The molecule has 0 saturated carbocycles. The van der Waals surface area contributed by atoms with Gasteiger partial charge in [-0.05, 0) is 43.5 Å². The minimum Gasteiger partial charge on any atom is -0.328 e. The monoisotopic (exact) mass is 379 g/mol. The maximum Gasteiger partial charge on any atom is 0.276 e. The summed E-state index contributed by atoms with van der Waals surface area (Å²) in [5.41, 5.74) is 2.73. The summed E-state index contributed by atoms with van der Waals surface area (Å²) < 4.78 is 3.65. The van der Waals surface area contributed by atoms with Gasteiger partial charge in [-0.2, -0.15) is 5.10 Å². The number of aromatic nitrogens is 4. The molecule has 2 aromatic heterocycles. The number of imidazole rings is 1. The molecule has 0 saturated heterocycles. The average molecular weight is 379 g/mol. The minimum atomic E-state index is -0.328. The molecule has 7 nitrogen and oxygen atoms in total. The first kappa shape index (κ1) is 18.4. The topological polar surface area (TPSA) is 81.8 Å². The maximum absolute atomic E-state index is 12.6. The first-order valence-electron chi connectivity index (χ1n) is 10.0. The molecule has 28 heavy (non-hydrogen) atoms. The highest BCUT2D eigenvalue weighted by Gasteiger charge is 2.15. The molecule has 146 valence electrons. The van der Waals surface area contributed by atoms with Crippen molar-refractivity contribution in [3.8, 4) is 0 Å². The number of rotatable bonds is 5. The van der Waals surface area contributed by atoms with Crippen molar-refractivity contribution < 1.29 is 4.79 Å². The number of carbonyl (C=O) groups is 1. The number of carbonyl (C=O) groups excluding carboxylic acids is 1. The van der Waals surface area contributed by atoms with Crippen LogP contribution in [-0.4, -0.2) is 25.2 Å². The molecule has 0 fully saturated rings. The first-order chi connectivity index (χ1) is 13.7. The van der Waals surface area contributed by atoms with Crippen LogP contribution in [0.4, 0.5) is 5.69 Å². The molecule has 1 aliphatic rings. The molecule has 1 amide bonds. The molecule has 0 atom stereocenters. The summed E-state index contributed by atoms with van der Waals surface area (Å²) in [4.78, 5) is 29.3. The highest BCUT2D eigenvalue weighted by molar-refractivity contribution is 6.03. The standard InChI is InChI=1S/C21H25N5O2/c1-2-3-13-26-20(27)11-9-16(24-26)21(28)22-15-8-10-18-17(14-15)23-19-7-5-4-6-12-25(18)19/h8-11,14H,2-7,12-13H2,1H3,(H,22,28). The minimum absolute atomic E-state index is 0.189. The lowest BCUT2D eigenvalue weighted by Crippen LogP contribution is -2.26. The van der Waals surface area contributed by atoms with E-state index in [1.165, 1.54) is 36.1 Å². The predicted octanol–water partition coefficient (Wildman–Crippen LogP) is 3.37. The summed E-state index contributed by atoms with van der Waals surface area (Å²) in [6.45, 7) is 3.57. The van der Waals surface area contributed by atoms with Gasteiger partial charge < -0.3 is 9.88 Å². The van der Waals surface area contributed by atoms with Crippen LogP contribution in [0.5, 0.6) is 0 Å². The van der Waals surface area contributed by atoms with Crippen LogP contribution in [-0.2, 0) is 19.5 Å². The molecule has 0 spiro atoms. The van der Waals surface area contributed by atoms with Gasteiger partial charge in [0.15, 0.2) is 0 Å². The molecular formula is C21H25N5O2. The third-order valence-electron chi connectivity index (χ3n) is 5.19. The highest BCUT2D eigenvalue weighted by atomic mass is 16.2. The molecule has 7 heteroatoms. The molecule has 3 aromatic rings. The molecule has 1 N–H and O–H groups in total. The predicted molar refractivity (Wildman–Crippen MR) is 109 cm³/mol. The van der Waals surface area contributed by atoms with E-state index in [4.69, 9.17) is 4.98 Å². The Hall–Kier alpha value is -2.96. The summed E-state index contributed by atoms with van der Waals surface area (Å²) in [6.07, 6.45) is 6.40. The summed E-state index contributed by atoms with van der Waals surface area (Å²) in [7, 11) is 0. The van der Waals surface area contributed by atoms with E-state index >= 15 is 0 Å². The van der Waals surface area contributed by atoms with Gasteiger partial charge in [-0.1, -0.05) is 19.8 Å². The van der Waals surface area contributed by atoms with E-state index in [9.17, 15) is 9.59 Å². The van der Waals surface area contributed by atoms with Crippen molar-refractivity contribution in [2.75, 3.05) is 5.32 Å². The third kappa shape index (κ3) is 3.69. The largest absolute Gasteiger partial charge is 0.328 e. The van der Waals surface area contributed by atoms with E-state index in [-0.39, 0.29) is 17.2 Å². The number of hydrogen-bond acceptors (Lipinski definition) is 4. The quantitative estimate of drug-likeness (QED) is 0.737. The van der Waals surface area contributed by atoms with Gasteiger partial charge in [0.1, 0.15) is 11.5 Å². The SMILES string of the molecule is CCCCn1nc(C(=O)Nc2ccc3c(c2)nc2n3CCCCC2)ccc1=O. The van der Waals surface area contributed by atoms with Crippen molar-refractivity contribution in [3.05, 3.63) is 52.2 Å². The number of unbranched alkanes of at least 4 members (excludes halogenated alkanes) is 1. The fraction of sp³-hybridized carbons (Fsp3) is 0.429. The van der Waals surface area contributed by atoms with E-state index in [2.05, 4.69) is 15.0 Å². The van der Waals surface area contributed by atoms with Crippen molar-refractivity contribution in [1.29, 1.82) is 0 Å². The zero-order valence-corrected chi connectivity index (χ0v) is 16.1. The van der Waals surface area contributed by atoms with Crippen LogP contribution in [0, 0.1) is 0 Å². The lowest BCUT2D eigenvalue weighted by atomic mass is 10.2. The zero-order valence-electron chi connectivity index (χ0n) is 16.1. The van der Waals surface area contributed by atoms with Gasteiger partial charge >= 0.3 is 0 Å². The second-order valence-corrected chi connectivity index (χ2v) is 7.28. The smallest absolute Gasteiger partial charge is 0.276 e. The molecule has 0 unspecified atom stereocenters. The number of fused-ring (bicyclic) bond motifs is 3. The van der Waals surface area contributed by atoms with E-state index in [0.717, 1.165) is 42.7 Å². The number of aryl methyl sites for hydroxylation is 3. The number of nitrogens with zero attached hydrogens (tertiary/aromatic N) is 4. The van der Waals surface area contributed by atoms with Gasteiger partial charge in [0.2, 0.25) is 0 Å². The second-order valence-electron chi connectivity index (χ2n) is 7.28. The van der Waals surface area contributed by atoms with Crippen molar-refractivity contribution >= 4 is 22.6 Å². The number of benzene rings is 1. The summed E-state index contributed by atoms with van der Waals surface area (Å²) in [5.74, 6) is 0.797. The Kier molecular flexibility index (Phi) is 5.23. The number of hydrogen-bond donors (Lipinski definition) is 1. The van der Waals surface area contributed by atoms with Crippen LogP contribution in [0.3, 0.4) is 0 Å². The van der Waals surface area contributed by atoms with Crippen LogP contribution >= 0.6 is 0 Å². The van der Waals surface area contributed by atoms with Crippen molar-refractivity contribution in [3.63, 3.8) is 0 Å². The molecular weight excluding hydrogens is 354 g/mol. The van der Waals surface area contributed by atoms with E-state index in [1.807, 2.05) is 25.1 Å². The number of nitrogens with one attached hydrogen (secondary N) is 1. The molecule has 0 bridgehead atoms. The fourth-order valence-electron chi connectivity index (χ4n) is 3.66. The highest BCUT2D eigenvalue weighted by Crippen LogP contribution is 2.24. The Balaban J connectivity index is 1.56.